The van der Waals surface area contributed by atoms with E-state index >= 15 is 0 Å². The first-order valence-electron chi connectivity index (χ1n) is 3.09. The number of hydrogen-bond donors (Lipinski definition) is 0. The van der Waals surface area contributed by atoms with Crippen molar-refractivity contribution in [3.63, 3.8) is 0 Å². The van der Waals surface area contributed by atoms with Gasteiger partial charge in [-0.2, -0.15) is 0 Å². The Morgan fingerprint density at radius 2 is 0.833 bits per heavy atom. The second kappa shape index (κ2) is 2.47. The van der Waals surface area contributed by atoms with E-state index in [4.69, 9.17) is 0 Å². The Bertz CT molecular complexity index is 208. The zero-order valence-corrected chi connectivity index (χ0v) is 5.68. The molecule has 1 rings (SSSR count). The SMILES string of the molecule is O=C([O-])C1C(C(=O)[O-])C1C(=O)[O-]. The van der Waals surface area contributed by atoms with E-state index in [0.717, 1.165) is 0 Å². The maximum atomic E-state index is 10.1. The Hall–Kier alpha value is -1.59. The van der Waals surface area contributed by atoms with E-state index in [1.54, 1.807) is 0 Å². The summed E-state index contributed by atoms with van der Waals surface area (Å²) in [4.78, 5) is 30.3. The van der Waals surface area contributed by atoms with Gasteiger partial charge in [-0.25, -0.2) is 0 Å². The van der Waals surface area contributed by atoms with Gasteiger partial charge >= 0.3 is 0 Å². The Kier molecular flexibility index (Phi) is 1.75. The van der Waals surface area contributed by atoms with Crippen molar-refractivity contribution in [2.45, 2.75) is 0 Å². The average Bonchev–Trinajstić information content (AvgIpc) is 2.58. The van der Waals surface area contributed by atoms with Crippen LogP contribution in [0.4, 0.5) is 0 Å². The summed E-state index contributed by atoms with van der Waals surface area (Å²) in [7, 11) is 0. The zero-order valence-electron chi connectivity index (χ0n) is 5.68. The number of carboxylic acids is 3. The third-order valence-corrected chi connectivity index (χ3v) is 1.84. The lowest BCUT2D eigenvalue weighted by molar-refractivity contribution is -0.316. The van der Waals surface area contributed by atoms with Crippen molar-refractivity contribution in [1.82, 2.24) is 0 Å². The third-order valence-electron chi connectivity index (χ3n) is 1.84. The molecule has 12 heavy (non-hydrogen) atoms. The summed E-state index contributed by atoms with van der Waals surface area (Å²) in [5.41, 5.74) is 0. The van der Waals surface area contributed by atoms with E-state index in [1.807, 2.05) is 0 Å². The molecule has 0 spiro atoms. The molecule has 1 saturated carbocycles. The molecule has 1 aliphatic rings. The molecule has 66 valence electrons. The molecular weight excluding hydrogens is 168 g/mol. The van der Waals surface area contributed by atoms with Crippen LogP contribution in [0.25, 0.3) is 0 Å². The van der Waals surface area contributed by atoms with Crippen LogP contribution in [0.2, 0.25) is 0 Å². The number of hydrogen-bond acceptors (Lipinski definition) is 6. The minimum Gasteiger partial charge on any atom is -0.550 e. The fourth-order valence-electron chi connectivity index (χ4n) is 1.19. The molecule has 0 N–H and O–H groups in total. The lowest BCUT2D eigenvalue weighted by Crippen LogP contribution is -2.30. The van der Waals surface area contributed by atoms with E-state index in [0.29, 0.717) is 0 Å². The summed E-state index contributed by atoms with van der Waals surface area (Å²) >= 11 is 0. The van der Waals surface area contributed by atoms with Gasteiger partial charge in [0, 0.05) is 35.7 Å². The molecule has 1 aliphatic carbocycles. The van der Waals surface area contributed by atoms with Crippen LogP contribution in [0.1, 0.15) is 0 Å². The first-order chi connectivity index (χ1) is 5.46. The fourth-order valence-corrected chi connectivity index (χ4v) is 1.19. The minimum absolute atomic E-state index is 1.50. The largest absolute Gasteiger partial charge is 0.550 e. The molecule has 0 aromatic carbocycles. The van der Waals surface area contributed by atoms with Crippen molar-refractivity contribution in [3.05, 3.63) is 0 Å². The maximum absolute atomic E-state index is 10.1. The summed E-state index contributed by atoms with van der Waals surface area (Å²) < 4.78 is 0. The molecule has 0 unspecified atom stereocenters. The Labute approximate surface area is 66.4 Å². The summed E-state index contributed by atoms with van der Waals surface area (Å²) in [6, 6.07) is 0. The van der Waals surface area contributed by atoms with Crippen LogP contribution >= 0.6 is 0 Å². The van der Waals surface area contributed by atoms with Crippen LogP contribution < -0.4 is 15.3 Å². The van der Waals surface area contributed by atoms with Gasteiger partial charge in [0.25, 0.3) is 0 Å². The summed E-state index contributed by atoms with van der Waals surface area (Å²) in [5.74, 6) is -9.59. The second-order valence-electron chi connectivity index (χ2n) is 2.53. The number of carbonyl (C=O) groups is 3. The zero-order chi connectivity index (χ0) is 9.46. The minimum atomic E-state index is -1.70. The fraction of sp³-hybridized carbons (Fsp3) is 0.500. The van der Waals surface area contributed by atoms with Gasteiger partial charge in [-0.3, -0.25) is 0 Å². The molecule has 0 saturated heterocycles. The highest BCUT2D eigenvalue weighted by atomic mass is 16.4. The standard InChI is InChI=1S/C6H6O6/c7-4(8)1-2(5(9)10)3(1)6(11)12/h1-3H,(H,7,8)(H,9,10)(H,11,12)/p-3. The van der Waals surface area contributed by atoms with Crippen molar-refractivity contribution in [3.8, 4) is 0 Å². The van der Waals surface area contributed by atoms with Crippen molar-refractivity contribution >= 4 is 17.9 Å². The van der Waals surface area contributed by atoms with E-state index in [1.165, 1.54) is 0 Å². The molecular formula is C6H3O6-3. The third kappa shape index (κ3) is 1.11. The number of aliphatic carboxylic acids is 3. The summed E-state index contributed by atoms with van der Waals surface area (Å²) in [6.45, 7) is 0. The van der Waals surface area contributed by atoms with Gasteiger partial charge in [-0.05, 0) is 0 Å². The highest BCUT2D eigenvalue weighted by molar-refractivity contribution is 5.93. The first kappa shape index (κ1) is 8.51. The molecule has 0 atom stereocenters. The van der Waals surface area contributed by atoms with Crippen LogP contribution in [-0.4, -0.2) is 17.9 Å². The molecule has 1 fully saturated rings. The highest BCUT2D eigenvalue weighted by Gasteiger charge is 2.52. The average molecular weight is 171 g/mol. The van der Waals surface area contributed by atoms with E-state index in [2.05, 4.69) is 0 Å². The monoisotopic (exact) mass is 171 g/mol. The van der Waals surface area contributed by atoms with Gasteiger partial charge in [0.15, 0.2) is 0 Å². The van der Waals surface area contributed by atoms with Gasteiger partial charge in [-0.1, -0.05) is 0 Å². The smallest absolute Gasteiger partial charge is 0.0458 e. The Balaban J connectivity index is 2.74. The quantitative estimate of drug-likeness (QED) is 0.419. The molecule has 0 heterocycles. The first-order valence-corrected chi connectivity index (χ1v) is 3.09. The number of carbonyl (C=O) groups excluding carboxylic acids is 3. The van der Waals surface area contributed by atoms with Gasteiger partial charge in [0.05, 0.1) is 0 Å². The summed E-state index contributed by atoms with van der Waals surface area (Å²) in [6.07, 6.45) is 0. The van der Waals surface area contributed by atoms with Crippen LogP contribution in [0.5, 0.6) is 0 Å². The predicted molar refractivity (Wildman–Crippen MR) is 25.5 cm³/mol. The summed E-state index contributed by atoms with van der Waals surface area (Å²) in [5, 5.41) is 30.3. The van der Waals surface area contributed by atoms with Crippen LogP contribution in [-0.2, 0) is 14.4 Å². The topological polar surface area (TPSA) is 120 Å². The van der Waals surface area contributed by atoms with E-state index in [-0.39, 0.29) is 0 Å². The van der Waals surface area contributed by atoms with Crippen LogP contribution in [0.3, 0.4) is 0 Å². The van der Waals surface area contributed by atoms with Crippen LogP contribution in [0, 0.1) is 17.8 Å². The van der Waals surface area contributed by atoms with Gasteiger partial charge < -0.3 is 29.7 Å². The van der Waals surface area contributed by atoms with Crippen molar-refractivity contribution in [1.29, 1.82) is 0 Å². The lowest BCUT2D eigenvalue weighted by Gasteiger charge is -1.99. The van der Waals surface area contributed by atoms with Gasteiger partial charge in [-0.15, -0.1) is 0 Å². The molecule has 0 aromatic heterocycles. The normalized spacial score (nSPS) is 32.5. The van der Waals surface area contributed by atoms with Crippen molar-refractivity contribution in [2.75, 3.05) is 0 Å². The number of rotatable bonds is 3. The van der Waals surface area contributed by atoms with Gasteiger partial charge in [0.2, 0.25) is 0 Å². The molecule has 6 nitrogen and oxygen atoms in total. The van der Waals surface area contributed by atoms with Crippen molar-refractivity contribution < 1.29 is 29.7 Å². The molecule has 0 aromatic rings. The number of carboxylic acid groups (broad SMARTS) is 3. The Morgan fingerprint density at radius 3 is 0.917 bits per heavy atom. The molecule has 6 heteroatoms. The highest BCUT2D eigenvalue weighted by Crippen LogP contribution is 2.45. The second-order valence-corrected chi connectivity index (χ2v) is 2.53. The van der Waals surface area contributed by atoms with E-state index < -0.39 is 35.7 Å². The Morgan fingerprint density at radius 1 is 0.667 bits per heavy atom. The van der Waals surface area contributed by atoms with Crippen molar-refractivity contribution in [2.24, 2.45) is 17.8 Å². The predicted octanol–water partition coefficient (Wildman–Crippen LogP) is -4.90. The van der Waals surface area contributed by atoms with E-state index in [9.17, 15) is 29.7 Å². The van der Waals surface area contributed by atoms with Gasteiger partial charge in [0.1, 0.15) is 0 Å². The maximum Gasteiger partial charge on any atom is 0.0458 e. The molecule has 0 bridgehead atoms. The molecule has 0 radical (unpaired) electrons. The van der Waals surface area contributed by atoms with Crippen LogP contribution in [0.15, 0.2) is 0 Å². The lowest BCUT2D eigenvalue weighted by atomic mass is 10.3. The molecule has 0 amide bonds. The molecule has 0 aliphatic heterocycles.